The molecule has 1 unspecified atom stereocenters. The molecule has 5 heteroatoms. The summed E-state index contributed by atoms with van der Waals surface area (Å²) in [4.78, 5) is 0. The largest absolute Gasteiger partial charge is 0.494 e. The Morgan fingerprint density at radius 1 is 1.00 bits per heavy atom. The van der Waals surface area contributed by atoms with Gasteiger partial charge in [0.25, 0.3) is 0 Å². The van der Waals surface area contributed by atoms with Gasteiger partial charge in [-0.05, 0) is 61.1 Å². The average molecular weight is 360 g/mol. The number of aliphatic hydroxyl groups excluding tert-OH is 1. The third-order valence-electron chi connectivity index (χ3n) is 4.38. The van der Waals surface area contributed by atoms with Gasteiger partial charge in [0.1, 0.15) is 17.7 Å². The zero-order valence-electron chi connectivity index (χ0n) is 14.8. The van der Waals surface area contributed by atoms with E-state index < -0.39 is 6.10 Å². The van der Waals surface area contributed by atoms with E-state index in [4.69, 9.17) is 14.2 Å². The van der Waals surface area contributed by atoms with E-state index in [1.807, 2.05) is 18.2 Å². The minimum atomic E-state index is -0.874. The summed E-state index contributed by atoms with van der Waals surface area (Å²) in [7, 11) is 0. The lowest BCUT2D eigenvalue weighted by Crippen LogP contribution is -2.07. The van der Waals surface area contributed by atoms with E-state index >= 15 is 0 Å². The zero-order valence-corrected chi connectivity index (χ0v) is 14.8. The van der Waals surface area contributed by atoms with Gasteiger partial charge in [-0.2, -0.15) is 0 Å². The number of hydrogen-bond donors (Lipinski definition) is 1. The van der Waals surface area contributed by atoms with Crippen molar-refractivity contribution < 1.29 is 23.7 Å². The molecule has 26 heavy (non-hydrogen) atoms. The molecule has 0 amide bonds. The first-order chi connectivity index (χ1) is 12.7. The summed E-state index contributed by atoms with van der Waals surface area (Å²) in [5, 5.41) is 10.4. The Morgan fingerprint density at radius 2 is 1.73 bits per heavy atom. The van der Waals surface area contributed by atoms with Crippen molar-refractivity contribution in [3.05, 3.63) is 65.5 Å². The van der Waals surface area contributed by atoms with Crippen molar-refractivity contribution in [3.63, 3.8) is 0 Å². The Balaban J connectivity index is 1.43. The van der Waals surface area contributed by atoms with Crippen molar-refractivity contribution in [2.45, 2.75) is 38.1 Å². The van der Waals surface area contributed by atoms with Crippen LogP contribution in [0.2, 0.25) is 0 Å². The average Bonchev–Trinajstić information content (AvgIpc) is 3.18. The molecule has 1 heterocycles. The summed E-state index contributed by atoms with van der Waals surface area (Å²) in [5.74, 6) is 0.350. The first-order valence-electron chi connectivity index (χ1n) is 9.12. The molecule has 0 radical (unpaired) electrons. The molecule has 1 aliphatic heterocycles. The molecule has 1 saturated heterocycles. The summed E-state index contributed by atoms with van der Waals surface area (Å²) < 4.78 is 29.9. The maximum atomic E-state index is 13.3. The molecule has 0 bridgehead atoms. The van der Waals surface area contributed by atoms with Gasteiger partial charge >= 0.3 is 0 Å². The molecule has 1 aliphatic rings. The lowest BCUT2D eigenvalue weighted by Gasteiger charge is -2.13. The Kier molecular flexibility index (Phi) is 7.00. The van der Waals surface area contributed by atoms with Crippen molar-refractivity contribution in [2.24, 2.45) is 0 Å². The number of benzene rings is 2. The molecule has 0 saturated carbocycles. The maximum Gasteiger partial charge on any atom is 0.157 e. The molecule has 0 aliphatic carbocycles. The third-order valence-corrected chi connectivity index (χ3v) is 4.38. The van der Waals surface area contributed by atoms with Gasteiger partial charge in [-0.1, -0.05) is 24.3 Å². The van der Waals surface area contributed by atoms with Crippen LogP contribution in [0.4, 0.5) is 4.39 Å². The SMILES string of the molecule is OC(c1cccc(F)c1)c1cccc(OCCCCCC2OCCO2)c1. The van der Waals surface area contributed by atoms with Gasteiger partial charge in [-0.25, -0.2) is 4.39 Å². The standard InChI is InChI=1S/C21H25FO4/c22-18-8-4-6-16(14-18)21(23)17-7-5-9-19(15-17)24-11-3-1-2-10-20-25-12-13-26-20/h4-9,14-15,20-21,23H,1-3,10-13H2. The van der Waals surface area contributed by atoms with E-state index in [9.17, 15) is 9.50 Å². The minimum absolute atomic E-state index is 0.0306. The molecule has 4 nitrogen and oxygen atoms in total. The van der Waals surface area contributed by atoms with Crippen LogP contribution in [0.15, 0.2) is 48.5 Å². The van der Waals surface area contributed by atoms with Gasteiger partial charge in [-0.15, -0.1) is 0 Å². The topological polar surface area (TPSA) is 47.9 Å². The molecular formula is C21H25FO4. The van der Waals surface area contributed by atoms with Crippen LogP contribution in [0.1, 0.15) is 42.9 Å². The Morgan fingerprint density at radius 3 is 2.50 bits per heavy atom. The van der Waals surface area contributed by atoms with Crippen molar-refractivity contribution in [1.29, 1.82) is 0 Å². The summed E-state index contributed by atoms with van der Waals surface area (Å²) in [6, 6.07) is 13.3. The minimum Gasteiger partial charge on any atom is -0.494 e. The summed E-state index contributed by atoms with van der Waals surface area (Å²) >= 11 is 0. The smallest absolute Gasteiger partial charge is 0.157 e. The van der Waals surface area contributed by atoms with E-state index in [-0.39, 0.29) is 12.1 Å². The molecule has 0 aromatic heterocycles. The van der Waals surface area contributed by atoms with Crippen LogP contribution < -0.4 is 4.74 Å². The summed E-state index contributed by atoms with van der Waals surface area (Å²) in [5.41, 5.74) is 1.21. The number of rotatable bonds is 9. The van der Waals surface area contributed by atoms with Crippen LogP contribution in [-0.2, 0) is 9.47 Å². The van der Waals surface area contributed by atoms with E-state index in [0.717, 1.165) is 25.7 Å². The number of unbranched alkanes of at least 4 members (excludes halogenated alkanes) is 2. The molecule has 2 aromatic carbocycles. The fraction of sp³-hybridized carbons (Fsp3) is 0.429. The number of aliphatic hydroxyl groups is 1. The van der Waals surface area contributed by atoms with Crippen LogP contribution in [0, 0.1) is 5.82 Å². The summed E-state index contributed by atoms with van der Waals surface area (Å²) in [6.45, 7) is 2.02. The van der Waals surface area contributed by atoms with Crippen molar-refractivity contribution in [1.82, 2.24) is 0 Å². The lowest BCUT2D eigenvalue weighted by molar-refractivity contribution is -0.0480. The van der Waals surface area contributed by atoms with Gasteiger partial charge < -0.3 is 19.3 Å². The highest BCUT2D eigenvalue weighted by molar-refractivity contribution is 5.35. The van der Waals surface area contributed by atoms with Gasteiger partial charge in [-0.3, -0.25) is 0 Å². The van der Waals surface area contributed by atoms with E-state index in [1.165, 1.54) is 12.1 Å². The van der Waals surface area contributed by atoms with Crippen LogP contribution >= 0.6 is 0 Å². The van der Waals surface area contributed by atoms with Crippen molar-refractivity contribution >= 4 is 0 Å². The van der Waals surface area contributed by atoms with Crippen LogP contribution in [0.5, 0.6) is 5.75 Å². The first-order valence-corrected chi connectivity index (χ1v) is 9.12. The van der Waals surface area contributed by atoms with Gasteiger partial charge in [0.2, 0.25) is 0 Å². The zero-order chi connectivity index (χ0) is 18.2. The molecule has 1 fully saturated rings. The second kappa shape index (κ2) is 9.67. The molecule has 140 valence electrons. The van der Waals surface area contributed by atoms with E-state index in [1.54, 1.807) is 18.2 Å². The lowest BCUT2D eigenvalue weighted by atomic mass is 10.0. The van der Waals surface area contributed by atoms with Crippen molar-refractivity contribution in [3.8, 4) is 5.75 Å². The first kappa shape index (κ1) is 18.8. The van der Waals surface area contributed by atoms with E-state index in [2.05, 4.69) is 0 Å². The monoisotopic (exact) mass is 360 g/mol. The predicted molar refractivity (Wildman–Crippen MR) is 96.6 cm³/mol. The molecule has 0 spiro atoms. The number of ether oxygens (including phenoxy) is 3. The van der Waals surface area contributed by atoms with Gasteiger partial charge in [0.15, 0.2) is 6.29 Å². The van der Waals surface area contributed by atoms with E-state index in [0.29, 0.717) is 36.7 Å². The Bertz CT molecular complexity index is 685. The van der Waals surface area contributed by atoms with Crippen LogP contribution in [0.3, 0.4) is 0 Å². The number of hydrogen-bond acceptors (Lipinski definition) is 4. The number of halogens is 1. The maximum absolute atomic E-state index is 13.3. The molecule has 2 aromatic rings. The highest BCUT2D eigenvalue weighted by Crippen LogP contribution is 2.25. The van der Waals surface area contributed by atoms with Crippen LogP contribution in [-0.4, -0.2) is 31.2 Å². The van der Waals surface area contributed by atoms with Crippen LogP contribution in [0.25, 0.3) is 0 Å². The molecule has 1 N–H and O–H groups in total. The van der Waals surface area contributed by atoms with Gasteiger partial charge in [0, 0.05) is 0 Å². The third kappa shape index (κ3) is 5.53. The quantitative estimate of drug-likeness (QED) is 0.680. The predicted octanol–water partition coefficient (Wildman–Crippen LogP) is 4.22. The fourth-order valence-electron chi connectivity index (χ4n) is 3.00. The molecule has 1 atom stereocenters. The second-order valence-electron chi connectivity index (χ2n) is 6.40. The highest BCUT2D eigenvalue weighted by atomic mass is 19.1. The van der Waals surface area contributed by atoms with Crippen molar-refractivity contribution in [2.75, 3.05) is 19.8 Å². The highest BCUT2D eigenvalue weighted by Gasteiger charge is 2.15. The Hall–Kier alpha value is -1.95. The fourth-order valence-corrected chi connectivity index (χ4v) is 3.00. The molecular weight excluding hydrogens is 335 g/mol. The normalized spacial score (nSPS) is 15.9. The molecule has 3 rings (SSSR count). The summed E-state index contributed by atoms with van der Waals surface area (Å²) in [6.07, 6.45) is 3.07. The van der Waals surface area contributed by atoms with Gasteiger partial charge in [0.05, 0.1) is 19.8 Å². The Labute approximate surface area is 153 Å². The second-order valence-corrected chi connectivity index (χ2v) is 6.40.